The lowest BCUT2D eigenvalue weighted by Crippen LogP contribution is -2.43. The molecule has 3 N–H and O–H groups in total. The minimum atomic E-state index is -0.0925. The van der Waals surface area contributed by atoms with Crippen molar-refractivity contribution in [2.75, 3.05) is 36.4 Å². The molecule has 1 aromatic carbocycles. The second-order valence-electron chi connectivity index (χ2n) is 8.35. The lowest BCUT2D eigenvalue weighted by molar-refractivity contribution is 0.0966. The number of rotatable bonds is 4. The molecule has 1 fully saturated rings. The molecule has 0 atom stereocenters. The van der Waals surface area contributed by atoms with Gasteiger partial charge in [-0.15, -0.1) is 0 Å². The van der Waals surface area contributed by atoms with Crippen LogP contribution in [0.25, 0.3) is 22.3 Å². The Balaban J connectivity index is 1.35. The Morgan fingerprint density at radius 3 is 2.73 bits per heavy atom. The summed E-state index contributed by atoms with van der Waals surface area (Å²) < 4.78 is 1.97. The third-order valence-corrected chi connectivity index (χ3v) is 6.38. The first-order valence-corrected chi connectivity index (χ1v) is 11.1. The molecule has 6 rings (SSSR count). The highest BCUT2D eigenvalue weighted by atomic mass is 16.1. The molecule has 0 radical (unpaired) electrons. The van der Waals surface area contributed by atoms with Gasteiger partial charge in [-0.2, -0.15) is 0 Å². The molecule has 33 heavy (non-hydrogen) atoms. The Morgan fingerprint density at radius 2 is 1.91 bits per heavy atom. The molecule has 166 valence electrons. The molecule has 0 bridgehead atoms. The molecule has 3 aromatic heterocycles. The number of nitrogens with one attached hydrogen (secondary N) is 3. The van der Waals surface area contributed by atoms with E-state index in [4.69, 9.17) is 0 Å². The summed E-state index contributed by atoms with van der Waals surface area (Å²) in [6, 6.07) is 10.00. The zero-order valence-corrected chi connectivity index (χ0v) is 18.3. The molecule has 2 aliphatic heterocycles. The van der Waals surface area contributed by atoms with Gasteiger partial charge < -0.3 is 25.4 Å². The van der Waals surface area contributed by atoms with Crippen molar-refractivity contribution in [1.82, 2.24) is 30.2 Å². The van der Waals surface area contributed by atoms with Crippen molar-refractivity contribution in [2.24, 2.45) is 7.05 Å². The predicted octanol–water partition coefficient (Wildman–Crippen LogP) is 2.43. The lowest BCUT2D eigenvalue weighted by Gasteiger charge is -2.29. The average molecular weight is 441 g/mol. The summed E-state index contributed by atoms with van der Waals surface area (Å²) in [5.41, 5.74) is 6.06. The van der Waals surface area contributed by atoms with Gasteiger partial charge in [0.15, 0.2) is 0 Å². The number of carbonyl (C=O) groups is 1. The Kier molecular flexibility index (Phi) is 4.69. The molecule has 4 aromatic rings. The monoisotopic (exact) mass is 440 g/mol. The Hall–Kier alpha value is -3.98. The van der Waals surface area contributed by atoms with Crippen LogP contribution in [0.15, 0.2) is 49.1 Å². The van der Waals surface area contributed by atoms with Crippen molar-refractivity contribution >= 4 is 34.1 Å². The quantitative estimate of drug-likeness (QED) is 0.448. The third kappa shape index (κ3) is 3.37. The summed E-state index contributed by atoms with van der Waals surface area (Å²) in [6.07, 6.45) is 5.43. The number of piperazine rings is 1. The highest BCUT2D eigenvalue weighted by Gasteiger charge is 2.27. The topological polar surface area (TPSA) is 100 Å². The summed E-state index contributed by atoms with van der Waals surface area (Å²) in [6.45, 7) is 4.37. The van der Waals surface area contributed by atoms with Gasteiger partial charge in [0.1, 0.15) is 17.8 Å². The van der Waals surface area contributed by atoms with Gasteiger partial charge in [0.2, 0.25) is 0 Å². The molecule has 0 unspecified atom stereocenters. The van der Waals surface area contributed by atoms with Gasteiger partial charge in [0.25, 0.3) is 5.91 Å². The molecule has 1 saturated heterocycles. The first kappa shape index (κ1) is 19.7. The summed E-state index contributed by atoms with van der Waals surface area (Å²) in [7, 11) is 1.96. The number of nitrogens with zero attached hydrogens (tertiary/aromatic N) is 5. The Morgan fingerprint density at radius 1 is 1.03 bits per heavy atom. The van der Waals surface area contributed by atoms with E-state index in [1.165, 1.54) is 0 Å². The van der Waals surface area contributed by atoms with Crippen LogP contribution in [0, 0.1) is 0 Å². The first-order chi connectivity index (χ1) is 16.2. The van der Waals surface area contributed by atoms with Gasteiger partial charge in [-0.05, 0) is 29.8 Å². The number of carbonyl (C=O) groups excluding carboxylic acids is 1. The standard InChI is InChI=1S/C24H24N8O/c1-31-9-6-17-22(28-14-29-23(17)31)16-3-4-19(21-18(16)13-27-24(21)33)30-20-5-2-15(12-26-20)32-10-7-25-8-11-32/h2-6,9,12,14,25H,7-8,10-11,13H2,1H3,(H,26,30)(H,27,33). The minimum Gasteiger partial charge on any atom is -0.368 e. The van der Waals surface area contributed by atoms with Crippen LogP contribution in [-0.2, 0) is 13.6 Å². The van der Waals surface area contributed by atoms with Crippen LogP contribution in [0.3, 0.4) is 0 Å². The van der Waals surface area contributed by atoms with Crippen molar-refractivity contribution in [3.8, 4) is 11.3 Å². The number of hydrogen-bond donors (Lipinski definition) is 3. The number of pyridine rings is 1. The Bertz CT molecular complexity index is 1360. The summed E-state index contributed by atoms with van der Waals surface area (Å²) in [5, 5.41) is 10.6. The maximum Gasteiger partial charge on any atom is 0.254 e. The molecular formula is C24H24N8O. The van der Waals surface area contributed by atoms with E-state index in [0.29, 0.717) is 17.9 Å². The molecule has 9 heteroatoms. The third-order valence-electron chi connectivity index (χ3n) is 6.38. The molecule has 2 aliphatic rings. The van der Waals surface area contributed by atoms with Gasteiger partial charge in [-0.25, -0.2) is 15.0 Å². The average Bonchev–Trinajstić information content (AvgIpc) is 3.44. The smallest absolute Gasteiger partial charge is 0.254 e. The SMILES string of the molecule is Cn1ccc2c(-c3ccc(Nc4ccc(N5CCNCC5)cn4)c4c3CNC4=O)ncnc21. The number of hydrogen-bond acceptors (Lipinski definition) is 7. The van der Waals surface area contributed by atoms with E-state index in [-0.39, 0.29) is 5.91 Å². The number of anilines is 3. The highest BCUT2D eigenvalue weighted by molar-refractivity contribution is 6.07. The molecule has 0 spiro atoms. The number of fused-ring (bicyclic) bond motifs is 2. The van der Waals surface area contributed by atoms with E-state index in [0.717, 1.165) is 65.4 Å². The number of aromatic nitrogens is 4. The molecule has 9 nitrogen and oxygen atoms in total. The molecule has 5 heterocycles. The van der Waals surface area contributed by atoms with Crippen LogP contribution in [0.2, 0.25) is 0 Å². The van der Waals surface area contributed by atoms with Crippen LogP contribution in [0.1, 0.15) is 15.9 Å². The van der Waals surface area contributed by atoms with Gasteiger partial charge in [0, 0.05) is 56.9 Å². The van der Waals surface area contributed by atoms with Crippen molar-refractivity contribution < 1.29 is 4.79 Å². The molecule has 0 aliphatic carbocycles. The summed E-state index contributed by atoms with van der Waals surface area (Å²) in [5.74, 6) is 0.612. The van der Waals surface area contributed by atoms with Crippen molar-refractivity contribution in [2.45, 2.75) is 6.54 Å². The van der Waals surface area contributed by atoms with Crippen molar-refractivity contribution in [3.63, 3.8) is 0 Å². The zero-order chi connectivity index (χ0) is 22.4. The maximum atomic E-state index is 12.8. The van der Waals surface area contributed by atoms with E-state index in [9.17, 15) is 4.79 Å². The second kappa shape index (κ2) is 7.86. The van der Waals surface area contributed by atoms with Gasteiger partial charge in [-0.1, -0.05) is 6.07 Å². The molecule has 1 amide bonds. The fraction of sp³-hybridized carbons (Fsp3) is 0.250. The zero-order valence-electron chi connectivity index (χ0n) is 18.3. The molecule has 0 saturated carbocycles. The van der Waals surface area contributed by atoms with Gasteiger partial charge >= 0.3 is 0 Å². The summed E-state index contributed by atoms with van der Waals surface area (Å²) in [4.78, 5) is 28.6. The predicted molar refractivity (Wildman–Crippen MR) is 128 cm³/mol. The van der Waals surface area contributed by atoms with Crippen molar-refractivity contribution in [3.05, 3.63) is 60.2 Å². The lowest BCUT2D eigenvalue weighted by atomic mass is 9.97. The fourth-order valence-corrected chi connectivity index (χ4v) is 4.67. The number of amides is 1. The number of aryl methyl sites for hydroxylation is 1. The fourth-order valence-electron chi connectivity index (χ4n) is 4.67. The normalized spacial score (nSPS) is 15.5. The van der Waals surface area contributed by atoms with E-state index in [1.54, 1.807) is 6.33 Å². The van der Waals surface area contributed by atoms with Gasteiger partial charge in [0.05, 0.1) is 28.8 Å². The minimum absolute atomic E-state index is 0.0925. The van der Waals surface area contributed by atoms with Crippen LogP contribution in [0.5, 0.6) is 0 Å². The van der Waals surface area contributed by atoms with E-state index in [1.807, 2.05) is 48.3 Å². The van der Waals surface area contributed by atoms with E-state index >= 15 is 0 Å². The summed E-state index contributed by atoms with van der Waals surface area (Å²) >= 11 is 0. The Labute approximate surface area is 190 Å². The van der Waals surface area contributed by atoms with Gasteiger partial charge in [-0.3, -0.25) is 4.79 Å². The van der Waals surface area contributed by atoms with E-state index < -0.39 is 0 Å². The molecular weight excluding hydrogens is 416 g/mol. The van der Waals surface area contributed by atoms with Crippen LogP contribution in [-0.4, -0.2) is 51.6 Å². The maximum absolute atomic E-state index is 12.8. The van der Waals surface area contributed by atoms with Crippen LogP contribution >= 0.6 is 0 Å². The van der Waals surface area contributed by atoms with E-state index in [2.05, 4.69) is 41.9 Å². The largest absolute Gasteiger partial charge is 0.368 e. The highest BCUT2D eigenvalue weighted by Crippen LogP contribution is 2.36. The second-order valence-corrected chi connectivity index (χ2v) is 8.35. The van der Waals surface area contributed by atoms with Crippen LogP contribution in [0.4, 0.5) is 17.2 Å². The number of benzene rings is 1. The van der Waals surface area contributed by atoms with Crippen LogP contribution < -0.4 is 20.9 Å². The van der Waals surface area contributed by atoms with Crippen molar-refractivity contribution in [1.29, 1.82) is 0 Å². The first-order valence-electron chi connectivity index (χ1n) is 11.1.